The lowest BCUT2D eigenvalue weighted by atomic mass is 9.89. The second-order valence-corrected chi connectivity index (χ2v) is 5.15. The molecule has 0 unspecified atom stereocenters. The first kappa shape index (κ1) is 13.0. The second kappa shape index (κ2) is 4.84. The Hall–Kier alpha value is -2.00. The van der Waals surface area contributed by atoms with Crippen LogP contribution in [0, 0.1) is 0 Å². The van der Waals surface area contributed by atoms with Crippen LogP contribution in [0.2, 0.25) is 5.02 Å². The summed E-state index contributed by atoms with van der Waals surface area (Å²) in [6, 6.07) is 14.7. The van der Waals surface area contributed by atoms with Gasteiger partial charge in [0.1, 0.15) is 5.75 Å². The first-order valence-electron chi connectivity index (χ1n) is 6.27. The van der Waals surface area contributed by atoms with Gasteiger partial charge in [-0.2, -0.15) is 0 Å². The third-order valence-corrected chi connectivity index (χ3v) is 3.77. The molecule has 0 bridgehead atoms. The van der Waals surface area contributed by atoms with Crippen molar-refractivity contribution in [2.24, 2.45) is 0 Å². The number of halogens is 1. The maximum Gasteiger partial charge on any atom is 0.355 e. The van der Waals surface area contributed by atoms with Gasteiger partial charge in [0.15, 0.2) is 0 Å². The van der Waals surface area contributed by atoms with Crippen molar-refractivity contribution < 1.29 is 14.3 Å². The molecule has 20 heavy (non-hydrogen) atoms. The lowest BCUT2D eigenvalue weighted by molar-refractivity contribution is -0.158. The van der Waals surface area contributed by atoms with Gasteiger partial charge in [-0.15, -0.1) is 0 Å². The average Bonchev–Trinajstić information content (AvgIpc) is 2.87. The zero-order valence-corrected chi connectivity index (χ0v) is 11.7. The molecule has 102 valence electrons. The maximum absolute atomic E-state index is 12.3. The molecule has 1 atom stereocenters. The van der Waals surface area contributed by atoms with Gasteiger partial charge in [-0.25, -0.2) is 4.79 Å². The molecule has 4 heteroatoms. The van der Waals surface area contributed by atoms with Gasteiger partial charge >= 0.3 is 5.97 Å². The molecule has 0 aromatic heterocycles. The fraction of sp³-hybridized carbons (Fsp3) is 0.188. The largest absolute Gasteiger partial charge is 0.470 e. The number of ether oxygens (including phenoxy) is 2. The Morgan fingerprint density at radius 2 is 1.90 bits per heavy atom. The molecule has 0 spiro atoms. The Balaban J connectivity index is 2.09. The molecule has 2 aromatic carbocycles. The van der Waals surface area contributed by atoms with Crippen LogP contribution in [0.4, 0.5) is 0 Å². The summed E-state index contributed by atoms with van der Waals surface area (Å²) in [6.07, 6.45) is 0.456. The van der Waals surface area contributed by atoms with Gasteiger partial charge in [-0.05, 0) is 23.8 Å². The van der Waals surface area contributed by atoms with Crippen LogP contribution in [0.15, 0.2) is 48.5 Å². The summed E-state index contributed by atoms with van der Waals surface area (Å²) in [7, 11) is 1.37. The van der Waals surface area contributed by atoms with Crippen molar-refractivity contribution in [3.05, 3.63) is 64.7 Å². The quantitative estimate of drug-likeness (QED) is 0.795. The fourth-order valence-corrected chi connectivity index (χ4v) is 2.64. The van der Waals surface area contributed by atoms with Crippen LogP contribution in [-0.2, 0) is 21.6 Å². The number of para-hydroxylation sites is 1. The van der Waals surface area contributed by atoms with Crippen LogP contribution in [-0.4, -0.2) is 13.1 Å². The van der Waals surface area contributed by atoms with Crippen LogP contribution in [0.5, 0.6) is 5.75 Å². The van der Waals surface area contributed by atoms with E-state index in [1.165, 1.54) is 7.11 Å². The van der Waals surface area contributed by atoms with Crippen LogP contribution in [0.3, 0.4) is 0 Å². The van der Waals surface area contributed by atoms with Gasteiger partial charge in [0.05, 0.1) is 7.11 Å². The Kier molecular flexibility index (Phi) is 3.14. The van der Waals surface area contributed by atoms with E-state index in [9.17, 15) is 4.79 Å². The SMILES string of the molecule is COC(=O)[C@@]1(c2ccc(Cl)cc2)Cc2ccccc2O1. The molecule has 1 aliphatic heterocycles. The molecular weight excluding hydrogens is 276 g/mol. The predicted octanol–water partition coefficient (Wildman–Crippen LogP) is 3.34. The predicted molar refractivity (Wildman–Crippen MR) is 75.9 cm³/mol. The number of hydrogen-bond acceptors (Lipinski definition) is 3. The van der Waals surface area contributed by atoms with E-state index >= 15 is 0 Å². The van der Waals surface area contributed by atoms with Crippen molar-refractivity contribution >= 4 is 17.6 Å². The number of hydrogen-bond donors (Lipinski definition) is 0. The molecule has 3 nitrogen and oxygen atoms in total. The summed E-state index contributed by atoms with van der Waals surface area (Å²) in [5.74, 6) is 0.309. The number of methoxy groups -OCH3 is 1. The average molecular weight is 289 g/mol. The van der Waals surface area contributed by atoms with Gasteiger partial charge in [-0.1, -0.05) is 41.9 Å². The molecule has 2 aromatic rings. The molecule has 0 fully saturated rings. The number of carbonyl (C=O) groups is 1. The Labute approximate surface area is 122 Å². The number of fused-ring (bicyclic) bond motifs is 1. The van der Waals surface area contributed by atoms with Gasteiger partial charge in [0.2, 0.25) is 5.60 Å². The van der Waals surface area contributed by atoms with Crippen LogP contribution in [0.1, 0.15) is 11.1 Å². The summed E-state index contributed by atoms with van der Waals surface area (Å²) in [6.45, 7) is 0. The molecule has 0 saturated heterocycles. The highest BCUT2D eigenvalue weighted by Gasteiger charge is 2.49. The highest BCUT2D eigenvalue weighted by molar-refractivity contribution is 6.30. The van der Waals surface area contributed by atoms with E-state index in [1.807, 2.05) is 24.3 Å². The van der Waals surface area contributed by atoms with Crippen LogP contribution in [0.25, 0.3) is 0 Å². The standard InChI is InChI=1S/C16H13ClO3/c1-19-15(18)16(12-6-8-13(17)9-7-12)10-11-4-2-3-5-14(11)20-16/h2-9H,10H2,1H3/t16-/m0/s1. The Bertz CT molecular complexity index is 624. The van der Waals surface area contributed by atoms with Gasteiger partial charge < -0.3 is 9.47 Å². The van der Waals surface area contributed by atoms with E-state index in [2.05, 4.69) is 0 Å². The van der Waals surface area contributed by atoms with Crippen molar-refractivity contribution in [2.45, 2.75) is 12.0 Å². The molecule has 3 rings (SSSR count). The third-order valence-electron chi connectivity index (χ3n) is 3.52. The van der Waals surface area contributed by atoms with E-state index < -0.39 is 11.6 Å². The first-order chi connectivity index (χ1) is 9.65. The van der Waals surface area contributed by atoms with Crippen molar-refractivity contribution in [1.29, 1.82) is 0 Å². The van der Waals surface area contributed by atoms with Crippen molar-refractivity contribution in [2.75, 3.05) is 7.11 Å². The third kappa shape index (κ3) is 1.95. The van der Waals surface area contributed by atoms with Gasteiger partial charge in [0, 0.05) is 17.0 Å². The maximum atomic E-state index is 12.3. The lowest BCUT2D eigenvalue weighted by Gasteiger charge is -2.26. The summed E-state index contributed by atoms with van der Waals surface area (Å²) in [5, 5.41) is 0.615. The van der Waals surface area contributed by atoms with Crippen molar-refractivity contribution in [3.63, 3.8) is 0 Å². The zero-order valence-electron chi connectivity index (χ0n) is 10.9. The molecular formula is C16H13ClO3. The van der Waals surface area contributed by atoms with Gasteiger partial charge in [-0.3, -0.25) is 0 Å². The Morgan fingerprint density at radius 3 is 2.55 bits per heavy atom. The Morgan fingerprint density at radius 1 is 1.20 bits per heavy atom. The van der Waals surface area contributed by atoms with Crippen molar-refractivity contribution in [3.8, 4) is 5.75 Å². The molecule has 0 radical (unpaired) electrons. The molecule has 0 N–H and O–H groups in total. The van der Waals surface area contributed by atoms with Gasteiger partial charge in [0.25, 0.3) is 0 Å². The van der Waals surface area contributed by atoms with Crippen LogP contribution >= 0.6 is 11.6 Å². The van der Waals surface area contributed by atoms with E-state index in [0.717, 1.165) is 11.1 Å². The summed E-state index contributed by atoms with van der Waals surface area (Å²) < 4.78 is 10.9. The molecule has 0 aliphatic carbocycles. The smallest absolute Gasteiger partial charge is 0.355 e. The summed E-state index contributed by atoms with van der Waals surface area (Å²) in [5.41, 5.74) is 0.612. The minimum absolute atomic E-state index is 0.406. The first-order valence-corrected chi connectivity index (χ1v) is 6.65. The zero-order chi connectivity index (χ0) is 14.2. The van der Waals surface area contributed by atoms with Crippen LogP contribution < -0.4 is 4.74 Å². The summed E-state index contributed by atoms with van der Waals surface area (Å²) in [4.78, 5) is 12.3. The number of esters is 1. The summed E-state index contributed by atoms with van der Waals surface area (Å²) >= 11 is 5.91. The van der Waals surface area contributed by atoms with Crippen molar-refractivity contribution in [1.82, 2.24) is 0 Å². The monoisotopic (exact) mass is 288 g/mol. The molecule has 0 saturated carbocycles. The number of rotatable bonds is 2. The van der Waals surface area contributed by atoms with E-state index in [0.29, 0.717) is 17.2 Å². The van der Waals surface area contributed by atoms with E-state index in [-0.39, 0.29) is 0 Å². The highest BCUT2D eigenvalue weighted by atomic mass is 35.5. The fourth-order valence-electron chi connectivity index (χ4n) is 2.52. The highest BCUT2D eigenvalue weighted by Crippen LogP contribution is 2.42. The molecule has 0 amide bonds. The normalized spacial score (nSPS) is 20.1. The number of carbonyl (C=O) groups excluding carboxylic acids is 1. The topological polar surface area (TPSA) is 35.5 Å². The second-order valence-electron chi connectivity index (χ2n) is 4.71. The molecule has 1 aliphatic rings. The minimum atomic E-state index is -1.12. The lowest BCUT2D eigenvalue weighted by Crippen LogP contribution is -2.41. The molecule has 1 heterocycles. The number of benzene rings is 2. The van der Waals surface area contributed by atoms with E-state index in [1.54, 1.807) is 24.3 Å². The van der Waals surface area contributed by atoms with E-state index in [4.69, 9.17) is 21.1 Å². The minimum Gasteiger partial charge on any atom is -0.470 e.